The summed E-state index contributed by atoms with van der Waals surface area (Å²) in [5.41, 5.74) is 1.01. The standard InChI is InChI=1S/C25H32N2O5/c1-25(2,3)32-24(31)26-17-11-10-16-20(23(29)30)27-22(28)21(18-12-6-4-7-13-18)19-14-8-5-9-15-19/h4-9,12-15,20-21H,10-11,16-17H2,1-3H3,(H,26,31)(H,27,28)(H,29,30)/t20-/m1/s1. The lowest BCUT2D eigenvalue weighted by molar-refractivity contribution is -0.142. The van der Waals surface area contributed by atoms with Gasteiger partial charge in [0, 0.05) is 6.54 Å². The van der Waals surface area contributed by atoms with Crippen molar-refractivity contribution in [3.63, 3.8) is 0 Å². The summed E-state index contributed by atoms with van der Waals surface area (Å²) in [6.07, 6.45) is 0.843. The first-order chi connectivity index (χ1) is 15.2. The minimum Gasteiger partial charge on any atom is -0.480 e. The molecule has 0 aliphatic carbocycles. The predicted molar refractivity (Wildman–Crippen MR) is 122 cm³/mol. The maximum absolute atomic E-state index is 13.1. The second-order valence-electron chi connectivity index (χ2n) is 8.58. The molecule has 0 aliphatic rings. The van der Waals surface area contributed by atoms with Gasteiger partial charge in [-0.3, -0.25) is 4.79 Å². The molecule has 0 radical (unpaired) electrons. The molecule has 1 atom stereocenters. The van der Waals surface area contributed by atoms with Gasteiger partial charge in [0.2, 0.25) is 5.91 Å². The van der Waals surface area contributed by atoms with Crippen LogP contribution in [0.5, 0.6) is 0 Å². The molecule has 2 rings (SSSR count). The third kappa shape index (κ3) is 8.41. The van der Waals surface area contributed by atoms with Gasteiger partial charge in [-0.05, 0) is 51.2 Å². The van der Waals surface area contributed by atoms with Crippen LogP contribution >= 0.6 is 0 Å². The van der Waals surface area contributed by atoms with Crippen molar-refractivity contribution in [3.05, 3.63) is 71.8 Å². The Morgan fingerprint density at radius 2 is 1.44 bits per heavy atom. The van der Waals surface area contributed by atoms with Crippen LogP contribution in [-0.2, 0) is 14.3 Å². The number of hydrogen-bond acceptors (Lipinski definition) is 4. The summed E-state index contributed by atoms with van der Waals surface area (Å²) in [5, 5.41) is 15.0. The highest BCUT2D eigenvalue weighted by atomic mass is 16.6. The highest BCUT2D eigenvalue weighted by Gasteiger charge is 2.27. The summed E-state index contributed by atoms with van der Waals surface area (Å²) in [6.45, 7) is 5.71. The van der Waals surface area contributed by atoms with Crippen molar-refractivity contribution in [3.8, 4) is 0 Å². The maximum Gasteiger partial charge on any atom is 0.407 e. The van der Waals surface area contributed by atoms with Crippen LogP contribution in [0, 0.1) is 0 Å². The van der Waals surface area contributed by atoms with Crippen LogP contribution in [-0.4, -0.2) is 41.3 Å². The Balaban J connectivity index is 1.95. The van der Waals surface area contributed by atoms with Gasteiger partial charge in [-0.15, -0.1) is 0 Å². The van der Waals surface area contributed by atoms with Crippen LogP contribution in [0.4, 0.5) is 4.79 Å². The van der Waals surface area contributed by atoms with Crippen LogP contribution in [0.1, 0.15) is 57.1 Å². The van der Waals surface area contributed by atoms with Gasteiger partial charge >= 0.3 is 12.1 Å². The largest absolute Gasteiger partial charge is 0.480 e. The molecule has 0 aliphatic heterocycles. The first kappa shape index (κ1) is 24.9. The zero-order chi connectivity index (χ0) is 23.6. The van der Waals surface area contributed by atoms with E-state index in [9.17, 15) is 19.5 Å². The van der Waals surface area contributed by atoms with Crippen LogP contribution in [0.2, 0.25) is 0 Å². The molecule has 172 valence electrons. The average Bonchev–Trinajstić information content (AvgIpc) is 2.73. The number of carbonyl (C=O) groups is 3. The third-order valence-corrected chi connectivity index (χ3v) is 4.73. The molecule has 0 aromatic heterocycles. The Kier molecular flexibility index (Phi) is 9.25. The summed E-state index contributed by atoms with van der Waals surface area (Å²) in [7, 11) is 0. The Labute approximate surface area is 189 Å². The summed E-state index contributed by atoms with van der Waals surface area (Å²) in [5.74, 6) is -2.05. The van der Waals surface area contributed by atoms with E-state index in [0.29, 0.717) is 19.4 Å². The fourth-order valence-electron chi connectivity index (χ4n) is 3.28. The van der Waals surface area contributed by atoms with Gasteiger partial charge in [-0.25, -0.2) is 9.59 Å². The van der Waals surface area contributed by atoms with Crippen molar-refractivity contribution in [2.45, 2.75) is 57.6 Å². The smallest absolute Gasteiger partial charge is 0.407 e. The fraction of sp³-hybridized carbons (Fsp3) is 0.400. The third-order valence-electron chi connectivity index (χ3n) is 4.73. The molecule has 2 amide bonds. The zero-order valence-corrected chi connectivity index (χ0v) is 18.8. The predicted octanol–water partition coefficient (Wildman–Crippen LogP) is 4.08. The van der Waals surface area contributed by atoms with Gasteiger partial charge in [0.05, 0.1) is 5.92 Å². The number of benzene rings is 2. The molecule has 7 nitrogen and oxygen atoms in total. The Morgan fingerprint density at radius 3 is 1.91 bits per heavy atom. The Morgan fingerprint density at radius 1 is 0.906 bits per heavy atom. The lowest BCUT2D eigenvalue weighted by atomic mass is 9.90. The van der Waals surface area contributed by atoms with E-state index in [4.69, 9.17) is 4.74 Å². The van der Waals surface area contributed by atoms with Gasteiger partial charge in [0.15, 0.2) is 0 Å². The van der Waals surface area contributed by atoms with E-state index in [2.05, 4.69) is 10.6 Å². The summed E-state index contributed by atoms with van der Waals surface area (Å²) in [4.78, 5) is 36.5. The summed E-state index contributed by atoms with van der Waals surface area (Å²) >= 11 is 0. The first-order valence-corrected chi connectivity index (χ1v) is 10.8. The number of rotatable bonds is 10. The maximum atomic E-state index is 13.1. The van der Waals surface area contributed by atoms with Crippen molar-refractivity contribution >= 4 is 18.0 Å². The van der Waals surface area contributed by atoms with E-state index in [0.717, 1.165) is 11.1 Å². The van der Waals surface area contributed by atoms with Crippen molar-refractivity contribution in [1.29, 1.82) is 0 Å². The summed E-state index contributed by atoms with van der Waals surface area (Å²) in [6, 6.07) is 17.6. The number of nitrogens with one attached hydrogen (secondary N) is 2. The van der Waals surface area contributed by atoms with Crippen molar-refractivity contribution in [1.82, 2.24) is 10.6 Å². The zero-order valence-electron chi connectivity index (χ0n) is 18.8. The van der Waals surface area contributed by atoms with Crippen LogP contribution in [0.3, 0.4) is 0 Å². The number of carbonyl (C=O) groups excluding carboxylic acids is 2. The molecule has 0 heterocycles. The van der Waals surface area contributed by atoms with E-state index in [1.165, 1.54) is 0 Å². The number of ether oxygens (including phenoxy) is 1. The quantitative estimate of drug-likeness (QED) is 0.483. The second-order valence-corrected chi connectivity index (χ2v) is 8.58. The second kappa shape index (κ2) is 11.9. The van der Waals surface area contributed by atoms with Gasteiger partial charge in [-0.2, -0.15) is 0 Å². The molecular formula is C25H32N2O5. The molecule has 0 saturated carbocycles. The lowest BCUT2D eigenvalue weighted by Crippen LogP contribution is -2.43. The highest BCUT2D eigenvalue weighted by Crippen LogP contribution is 2.25. The van der Waals surface area contributed by atoms with Crippen LogP contribution in [0.15, 0.2) is 60.7 Å². The molecule has 3 N–H and O–H groups in total. The average molecular weight is 441 g/mol. The topological polar surface area (TPSA) is 105 Å². The Hall–Kier alpha value is -3.35. The van der Waals surface area contributed by atoms with E-state index in [1.54, 1.807) is 20.8 Å². The molecular weight excluding hydrogens is 408 g/mol. The molecule has 2 aromatic rings. The number of amides is 2. The molecule has 32 heavy (non-hydrogen) atoms. The van der Waals surface area contributed by atoms with Gasteiger partial charge in [0.25, 0.3) is 0 Å². The van der Waals surface area contributed by atoms with Crippen molar-refractivity contribution in [2.75, 3.05) is 6.54 Å². The number of carboxylic acids is 1. The number of alkyl carbamates (subject to hydrolysis) is 1. The molecule has 7 heteroatoms. The van der Waals surface area contributed by atoms with E-state index in [1.807, 2.05) is 60.7 Å². The summed E-state index contributed by atoms with van der Waals surface area (Å²) < 4.78 is 5.17. The van der Waals surface area contributed by atoms with E-state index in [-0.39, 0.29) is 12.3 Å². The SMILES string of the molecule is CC(C)(C)OC(=O)NCCCC[C@@H](NC(=O)C(c1ccccc1)c1ccccc1)C(=O)O. The lowest BCUT2D eigenvalue weighted by Gasteiger charge is -2.21. The first-order valence-electron chi connectivity index (χ1n) is 10.8. The van der Waals surface area contributed by atoms with Gasteiger partial charge in [0.1, 0.15) is 11.6 Å². The molecule has 0 fully saturated rings. The van der Waals surface area contributed by atoms with Crippen LogP contribution < -0.4 is 10.6 Å². The van der Waals surface area contributed by atoms with Crippen molar-refractivity contribution < 1.29 is 24.2 Å². The van der Waals surface area contributed by atoms with Crippen molar-refractivity contribution in [2.24, 2.45) is 0 Å². The molecule has 0 spiro atoms. The van der Waals surface area contributed by atoms with E-state index < -0.39 is 29.6 Å². The normalized spacial score (nSPS) is 12.1. The molecule has 0 saturated heterocycles. The molecule has 0 unspecified atom stereocenters. The minimum absolute atomic E-state index is 0.257. The Bertz CT molecular complexity index is 839. The number of aliphatic carboxylic acids is 1. The number of unbranched alkanes of at least 4 members (excludes halogenated alkanes) is 1. The minimum atomic E-state index is -1.08. The molecule has 0 bridgehead atoms. The monoisotopic (exact) mass is 440 g/mol. The van der Waals surface area contributed by atoms with Gasteiger partial charge < -0.3 is 20.5 Å². The van der Waals surface area contributed by atoms with Crippen LogP contribution in [0.25, 0.3) is 0 Å². The number of carboxylic acid groups (broad SMARTS) is 1. The van der Waals surface area contributed by atoms with E-state index >= 15 is 0 Å². The molecule has 2 aromatic carbocycles. The number of hydrogen-bond donors (Lipinski definition) is 3. The van der Waals surface area contributed by atoms with Gasteiger partial charge in [-0.1, -0.05) is 60.7 Å². The fourth-order valence-corrected chi connectivity index (χ4v) is 3.28. The highest BCUT2D eigenvalue weighted by molar-refractivity contribution is 5.90.